The van der Waals surface area contributed by atoms with Crippen LogP contribution < -0.4 is 16.0 Å². The van der Waals surface area contributed by atoms with Gasteiger partial charge in [-0.2, -0.15) is 0 Å². The van der Waals surface area contributed by atoms with Gasteiger partial charge < -0.3 is 20.9 Å². The lowest BCUT2D eigenvalue weighted by atomic mass is 10.1. The van der Waals surface area contributed by atoms with Gasteiger partial charge in [0.25, 0.3) is 11.8 Å². The molecule has 0 fully saturated rings. The van der Waals surface area contributed by atoms with Gasteiger partial charge in [-0.15, -0.1) is 0 Å². The molecule has 7 nitrogen and oxygen atoms in total. The van der Waals surface area contributed by atoms with Crippen LogP contribution in [0, 0.1) is 6.92 Å². The molecule has 0 aromatic heterocycles. The lowest BCUT2D eigenvalue weighted by Crippen LogP contribution is -2.26. The molecule has 4 aromatic rings. The van der Waals surface area contributed by atoms with Crippen LogP contribution >= 0.6 is 0 Å². The smallest absolute Gasteiger partial charge is 0.255 e. The molecule has 3 N–H and O–H groups in total. The number of carbonyl (C=O) groups excluding carboxylic acids is 3. The zero-order valence-corrected chi connectivity index (χ0v) is 21.4. The molecule has 0 saturated heterocycles. The Bertz CT molecular complexity index is 1420. The molecular formula is C31H30N4O3. The van der Waals surface area contributed by atoms with Crippen LogP contribution in [0.5, 0.6) is 0 Å². The number of aryl methyl sites for hydroxylation is 1. The molecule has 192 valence electrons. The lowest BCUT2D eigenvalue weighted by Gasteiger charge is -2.18. The van der Waals surface area contributed by atoms with Crippen molar-refractivity contribution in [1.29, 1.82) is 0 Å². The van der Waals surface area contributed by atoms with Crippen LogP contribution in [0.2, 0.25) is 0 Å². The summed E-state index contributed by atoms with van der Waals surface area (Å²) in [5, 5.41) is 8.75. The standard InChI is InChI=1S/C31H30N4O3/c1-22-8-6-11-24(18-22)30(37)34-27-16-14-26(15-17-27)33-29(36)20-32-28-13-7-12-25(19-28)31(38)35(2)21-23-9-4-3-5-10-23/h3-19,32H,20-21H2,1-2H3,(H,33,36)(H,34,37). The molecular weight excluding hydrogens is 476 g/mol. The topological polar surface area (TPSA) is 90.5 Å². The molecule has 0 aliphatic carbocycles. The minimum atomic E-state index is -0.237. The maximum Gasteiger partial charge on any atom is 0.255 e. The summed E-state index contributed by atoms with van der Waals surface area (Å²) in [5.74, 6) is -0.530. The van der Waals surface area contributed by atoms with Gasteiger partial charge in [0.1, 0.15) is 0 Å². The van der Waals surface area contributed by atoms with E-state index >= 15 is 0 Å². The third kappa shape index (κ3) is 7.30. The van der Waals surface area contributed by atoms with Gasteiger partial charge in [-0.3, -0.25) is 14.4 Å². The monoisotopic (exact) mass is 506 g/mol. The Labute approximate surface area is 222 Å². The first-order chi connectivity index (χ1) is 18.4. The quantitative estimate of drug-likeness (QED) is 0.277. The van der Waals surface area contributed by atoms with E-state index in [1.165, 1.54) is 0 Å². The number of carbonyl (C=O) groups is 3. The van der Waals surface area contributed by atoms with Gasteiger partial charge in [-0.25, -0.2) is 0 Å². The average Bonchev–Trinajstić information content (AvgIpc) is 2.93. The number of benzene rings is 4. The summed E-state index contributed by atoms with van der Waals surface area (Å²) < 4.78 is 0. The average molecular weight is 507 g/mol. The van der Waals surface area contributed by atoms with Gasteiger partial charge in [0.15, 0.2) is 0 Å². The Hall–Kier alpha value is -4.91. The van der Waals surface area contributed by atoms with Gasteiger partial charge >= 0.3 is 0 Å². The third-order valence-corrected chi connectivity index (χ3v) is 5.88. The first kappa shape index (κ1) is 26.2. The summed E-state index contributed by atoms with van der Waals surface area (Å²) in [6.45, 7) is 2.47. The molecule has 0 aliphatic heterocycles. The van der Waals surface area contributed by atoms with Crippen LogP contribution in [-0.4, -0.2) is 36.2 Å². The molecule has 0 aliphatic rings. The fraction of sp³-hybridized carbons (Fsp3) is 0.129. The summed E-state index contributed by atoms with van der Waals surface area (Å²) in [6, 6.07) is 31.2. The summed E-state index contributed by atoms with van der Waals surface area (Å²) in [7, 11) is 1.77. The lowest BCUT2D eigenvalue weighted by molar-refractivity contribution is -0.114. The summed E-state index contributed by atoms with van der Waals surface area (Å²) in [5.41, 5.74) is 5.10. The van der Waals surface area contributed by atoms with E-state index in [4.69, 9.17) is 0 Å². The molecule has 0 atom stereocenters. The second-order valence-corrected chi connectivity index (χ2v) is 9.03. The molecule has 0 unspecified atom stereocenters. The summed E-state index contributed by atoms with van der Waals surface area (Å²) in [6.07, 6.45) is 0. The first-order valence-corrected chi connectivity index (χ1v) is 12.3. The van der Waals surface area contributed by atoms with E-state index in [0.717, 1.165) is 11.1 Å². The van der Waals surface area contributed by atoms with Crippen LogP contribution in [0.4, 0.5) is 17.1 Å². The molecule has 3 amide bonds. The van der Waals surface area contributed by atoms with Crippen molar-refractivity contribution < 1.29 is 14.4 Å². The maximum absolute atomic E-state index is 12.9. The van der Waals surface area contributed by atoms with Gasteiger partial charge in [0, 0.05) is 41.8 Å². The highest BCUT2D eigenvalue weighted by Gasteiger charge is 2.13. The molecule has 0 heterocycles. The summed E-state index contributed by atoms with van der Waals surface area (Å²) in [4.78, 5) is 39.4. The normalized spacial score (nSPS) is 10.4. The van der Waals surface area contributed by atoms with Crippen molar-refractivity contribution in [2.24, 2.45) is 0 Å². The highest BCUT2D eigenvalue weighted by Crippen LogP contribution is 2.16. The van der Waals surface area contributed by atoms with Crippen molar-refractivity contribution in [2.75, 3.05) is 29.5 Å². The van der Waals surface area contributed by atoms with E-state index in [1.807, 2.05) is 61.5 Å². The highest BCUT2D eigenvalue weighted by molar-refractivity contribution is 6.04. The number of nitrogens with zero attached hydrogens (tertiary/aromatic N) is 1. The molecule has 38 heavy (non-hydrogen) atoms. The second-order valence-electron chi connectivity index (χ2n) is 9.03. The number of hydrogen-bond acceptors (Lipinski definition) is 4. The zero-order chi connectivity index (χ0) is 26.9. The van der Waals surface area contributed by atoms with Crippen LogP contribution in [0.25, 0.3) is 0 Å². The minimum absolute atomic E-state index is 0.0311. The van der Waals surface area contributed by atoms with Crippen LogP contribution in [0.1, 0.15) is 31.8 Å². The van der Waals surface area contributed by atoms with E-state index in [1.54, 1.807) is 60.5 Å². The van der Waals surface area contributed by atoms with E-state index in [2.05, 4.69) is 16.0 Å². The first-order valence-electron chi connectivity index (χ1n) is 12.3. The molecule has 4 rings (SSSR count). The molecule has 0 radical (unpaired) electrons. The predicted molar refractivity (Wildman–Crippen MR) is 151 cm³/mol. The van der Waals surface area contributed by atoms with Crippen molar-refractivity contribution >= 4 is 34.8 Å². The number of anilines is 3. The molecule has 7 heteroatoms. The highest BCUT2D eigenvalue weighted by atomic mass is 16.2. The van der Waals surface area contributed by atoms with Crippen molar-refractivity contribution in [1.82, 2.24) is 4.90 Å². The maximum atomic E-state index is 12.9. The number of hydrogen-bond donors (Lipinski definition) is 3. The predicted octanol–water partition coefficient (Wildman–Crippen LogP) is 5.57. The summed E-state index contributed by atoms with van der Waals surface area (Å²) >= 11 is 0. The van der Waals surface area contributed by atoms with Crippen molar-refractivity contribution in [2.45, 2.75) is 13.5 Å². The molecule has 0 bridgehead atoms. The SMILES string of the molecule is Cc1cccc(C(=O)Nc2ccc(NC(=O)CNc3cccc(C(=O)N(C)Cc4ccccc4)c3)cc2)c1. The van der Waals surface area contributed by atoms with Gasteiger partial charge in [-0.1, -0.05) is 54.1 Å². The van der Waals surface area contributed by atoms with E-state index < -0.39 is 0 Å². The van der Waals surface area contributed by atoms with Gasteiger partial charge in [0.05, 0.1) is 6.54 Å². The third-order valence-electron chi connectivity index (χ3n) is 5.88. The van der Waals surface area contributed by atoms with E-state index in [-0.39, 0.29) is 24.3 Å². The van der Waals surface area contributed by atoms with Crippen molar-refractivity contribution in [3.8, 4) is 0 Å². The van der Waals surface area contributed by atoms with Crippen LogP contribution in [0.15, 0.2) is 103 Å². The number of rotatable bonds is 9. The van der Waals surface area contributed by atoms with Crippen molar-refractivity contribution in [3.63, 3.8) is 0 Å². The molecule has 0 spiro atoms. The largest absolute Gasteiger partial charge is 0.376 e. The van der Waals surface area contributed by atoms with Crippen molar-refractivity contribution in [3.05, 3.63) is 125 Å². The number of nitrogens with one attached hydrogen (secondary N) is 3. The Morgan fingerprint density at radius 1 is 0.684 bits per heavy atom. The second kappa shape index (κ2) is 12.4. The van der Waals surface area contributed by atoms with Crippen LogP contribution in [0.3, 0.4) is 0 Å². The number of amides is 3. The van der Waals surface area contributed by atoms with Crippen LogP contribution in [-0.2, 0) is 11.3 Å². The Balaban J connectivity index is 1.27. The van der Waals surface area contributed by atoms with E-state index in [9.17, 15) is 14.4 Å². The molecule has 4 aromatic carbocycles. The van der Waals surface area contributed by atoms with Gasteiger partial charge in [-0.05, 0) is 67.1 Å². The Morgan fingerprint density at radius 2 is 1.34 bits per heavy atom. The fourth-order valence-corrected chi connectivity index (χ4v) is 3.93. The van der Waals surface area contributed by atoms with Gasteiger partial charge in [0.2, 0.25) is 5.91 Å². The molecule has 0 saturated carbocycles. The minimum Gasteiger partial charge on any atom is -0.376 e. The Morgan fingerprint density at radius 3 is 2.05 bits per heavy atom. The zero-order valence-electron chi connectivity index (χ0n) is 21.4. The van der Waals surface area contributed by atoms with E-state index in [0.29, 0.717) is 34.7 Å². The fourth-order valence-electron chi connectivity index (χ4n) is 3.93. The Kier molecular flexibility index (Phi) is 8.51.